The Labute approximate surface area is 136 Å². The minimum atomic E-state index is -0.826. The van der Waals surface area contributed by atoms with Crippen LogP contribution in [0.25, 0.3) is 0 Å². The van der Waals surface area contributed by atoms with Gasteiger partial charge in [0.2, 0.25) is 0 Å². The highest BCUT2D eigenvalue weighted by atomic mass is 16.5. The Kier molecular flexibility index (Phi) is 6.40. The molecular weight excluding hydrogens is 296 g/mol. The standard InChI is InChI=1S/C17H24N2O4/c1-2-23-12-14-7-5-13(6-8-14)10-18-17(22)19-9-3-4-15(11-19)16(20)21/h5-8,15H,2-4,9-12H2,1H3,(H,18,22)(H,20,21). The smallest absolute Gasteiger partial charge is 0.317 e. The summed E-state index contributed by atoms with van der Waals surface area (Å²) >= 11 is 0. The van der Waals surface area contributed by atoms with Crippen LogP contribution in [0.1, 0.15) is 30.9 Å². The molecule has 0 spiro atoms. The van der Waals surface area contributed by atoms with E-state index in [0.717, 1.165) is 17.5 Å². The number of hydrogen-bond acceptors (Lipinski definition) is 3. The molecule has 6 nitrogen and oxygen atoms in total. The van der Waals surface area contributed by atoms with Gasteiger partial charge in [0.25, 0.3) is 0 Å². The Bertz CT molecular complexity index is 530. The summed E-state index contributed by atoms with van der Waals surface area (Å²) in [6.45, 7) is 4.57. The van der Waals surface area contributed by atoms with E-state index in [9.17, 15) is 9.59 Å². The zero-order chi connectivity index (χ0) is 16.7. The lowest BCUT2D eigenvalue weighted by Gasteiger charge is -2.30. The second-order valence-electron chi connectivity index (χ2n) is 5.74. The van der Waals surface area contributed by atoms with Crippen LogP contribution in [0.15, 0.2) is 24.3 Å². The van der Waals surface area contributed by atoms with E-state index >= 15 is 0 Å². The van der Waals surface area contributed by atoms with E-state index in [2.05, 4.69) is 5.32 Å². The van der Waals surface area contributed by atoms with Crippen molar-refractivity contribution in [1.29, 1.82) is 0 Å². The first-order chi connectivity index (χ1) is 11.1. The number of nitrogens with one attached hydrogen (secondary N) is 1. The molecule has 1 aromatic rings. The minimum Gasteiger partial charge on any atom is -0.481 e. The van der Waals surface area contributed by atoms with Crippen LogP contribution in [0.2, 0.25) is 0 Å². The number of aliphatic carboxylic acids is 1. The molecule has 2 rings (SSSR count). The largest absolute Gasteiger partial charge is 0.481 e. The van der Waals surface area contributed by atoms with Crippen LogP contribution in [0, 0.1) is 5.92 Å². The van der Waals surface area contributed by atoms with Gasteiger partial charge in [0.05, 0.1) is 12.5 Å². The highest BCUT2D eigenvalue weighted by molar-refractivity contribution is 5.76. The SMILES string of the molecule is CCOCc1ccc(CNC(=O)N2CCCC(C(=O)O)C2)cc1. The lowest BCUT2D eigenvalue weighted by molar-refractivity contribution is -0.143. The molecular formula is C17H24N2O4. The van der Waals surface area contributed by atoms with Crippen molar-refractivity contribution in [2.45, 2.75) is 32.9 Å². The average Bonchev–Trinajstić information content (AvgIpc) is 2.58. The Morgan fingerprint density at radius 2 is 2.00 bits per heavy atom. The summed E-state index contributed by atoms with van der Waals surface area (Å²) in [6, 6.07) is 7.70. The molecule has 23 heavy (non-hydrogen) atoms. The number of carboxylic acid groups (broad SMARTS) is 1. The zero-order valence-electron chi connectivity index (χ0n) is 13.5. The molecule has 1 aliphatic rings. The fourth-order valence-electron chi connectivity index (χ4n) is 2.63. The van der Waals surface area contributed by atoms with Crippen molar-refractivity contribution < 1.29 is 19.4 Å². The molecule has 1 atom stereocenters. The second-order valence-corrected chi connectivity index (χ2v) is 5.74. The molecule has 1 aromatic carbocycles. The highest BCUT2D eigenvalue weighted by Gasteiger charge is 2.27. The van der Waals surface area contributed by atoms with E-state index in [0.29, 0.717) is 32.7 Å². The van der Waals surface area contributed by atoms with Gasteiger partial charge >= 0.3 is 12.0 Å². The highest BCUT2D eigenvalue weighted by Crippen LogP contribution is 2.16. The van der Waals surface area contributed by atoms with Crippen molar-refractivity contribution in [2.75, 3.05) is 19.7 Å². The Balaban J connectivity index is 1.80. The van der Waals surface area contributed by atoms with Crippen LogP contribution in [0.4, 0.5) is 4.79 Å². The number of benzene rings is 1. The fourth-order valence-corrected chi connectivity index (χ4v) is 2.63. The van der Waals surface area contributed by atoms with Crippen LogP contribution in [0.3, 0.4) is 0 Å². The van der Waals surface area contributed by atoms with Crippen LogP contribution in [0.5, 0.6) is 0 Å². The number of carbonyl (C=O) groups is 2. The van der Waals surface area contributed by atoms with Gasteiger partial charge in [-0.1, -0.05) is 24.3 Å². The number of carboxylic acids is 1. The maximum atomic E-state index is 12.1. The first-order valence-corrected chi connectivity index (χ1v) is 8.01. The number of ether oxygens (including phenoxy) is 1. The van der Waals surface area contributed by atoms with E-state index in [1.807, 2.05) is 31.2 Å². The molecule has 1 saturated heterocycles. The molecule has 2 amide bonds. The number of hydrogen-bond donors (Lipinski definition) is 2. The van der Waals surface area contributed by atoms with Crippen molar-refractivity contribution in [3.8, 4) is 0 Å². The Morgan fingerprint density at radius 1 is 1.30 bits per heavy atom. The molecule has 1 aliphatic heterocycles. The van der Waals surface area contributed by atoms with Gasteiger partial charge in [-0.2, -0.15) is 0 Å². The molecule has 2 N–H and O–H groups in total. The van der Waals surface area contributed by atoms with E-state index in [4.69, 9.17) is 9.84 Å². The number of rotatable bonds is 6. The number of carbonyl (C=O) groups excluding carboxylic acids is 1. The Morgan fingerprint density at radius 3 is 2.65 bits per heavy atom. The third-order valence-electron chi connectivity index (χ3n) is 4.00. The van der Waals surface area contributed by atoms with Crippen molar-refractivity contribution >= 4 is 12.0 Å². The van der Waals surface area contributed by atoms with Crippen molar-refractivity contribution in [3.05, 3.63) is 35.4 Å². The summed E-state index contributed by atoms with van der Waals surface area (Å²) < 4.78 is 5.34. The van der Waals surface area contributed by atoms with E-state index in [-0.39, 0.29) is 12.6 Å². The number of piperidine rings is 1. The lowest BCUT2D eigenvalue weighted by atomic mass is 9.99. The van der Waals surface area contributed by atoms with E-state index in [1.54, 1.807) is 4.90 Å². The molecule has 6 heteroatoms. The number of likely N-dealkylation sites (tertiary alicyclic amines) is 1. The second kappa shape index (κ2) is 8.53. The van der Waals surface area contributed by atoms with Crippen LogP contribution in [-0.2, 0) is 22.7 Å². The lowest BCUT2D eigenvalue weighted by Crippen LogP contribution is -2.46. The third-order valence-corrected chi connectivity index (χ3v) is 4.00. The maximum Gasteiger partial charge on any atom is 0.317 e. The number of nitrogens with zero attached hydrogens (tertiary/aromatic N) is 1. The van der Waals surface area contributed by atoms with Gasteiger partial charge in [0.15, 0.2) is 0 Å². The maximum absolute atomic E-state index is 12.1. The molecule has 1 fully saturated rings. The average molecular weight is 320 g/mol. The van der Waals surface area contributed by atoms with E-state index < -0.39 is 11.9 Å². The molecule has 1 unspecified atom stereocenters. The van der Waals surface area contributed by atoms with E-state index in [1.165, 1.54) is 0 Å². The molecule has 0 radical (unpaired) electrons. The monoisotopic (exact) mass is 320 g/mol. The van der Waals surface area contributed by atoms with Crippen molar-refractivity contribution in [1.82, 2.24) is 10.2 Å². The van der Waals surface area contributed by atoms with Crippen molar-refractivity contribution in [3.63, 3.8) is 0 Å². The predicted octanol–water partition coefficient (Wildman–Crippen LogP) is 2.23. The molecule has 0 aromatic heterocycles. The predicted molar refractivity (Wildman–Crippen MR) is 85.9 cm³/mol. The molecule has 0 bridgehead atoms. The zero-order valence-corrected chi connectivity index (χ0v) is 13.5. The molecule has 0 saturated carbocycles. The molecule has 1 heterocycles. The normalized spacial score (nSPS) is 17.8. The first-order valence-electron chi connectivity index (χ1n) is 8.01. The minimum absolute atomic E-state index is 0.200. The quantitative estimate of drug-likeness (QED) is 0.842. The summed E-state index contributed by atoms with van der Waals surface area (Å²) in [4.78, 5) is 24.8. The Hall–Kier alpha value is -2.08. The summed E-state index contributed by atoms with van der Waals surface area (Å²) in [5, 5.41) is 11.9. The molecule has 126 valence electrons. The van der Waals surface area contributed by atoms with Crippen molar-refractivity contribution in [2.24, 2.45) is 5.92 Å². The fraction of sp³-hybridized carbons (Fsp3) is 0.529. The number of urea groups is 1. The summed E-state index contributed by atoms with van der Waals surface area (Å²) in [6.07, 6.45) is 1.37. The van der Waals surface area contributed by atoms with Crippen LogP contribution in [-0.4, -0.2) is 41.7 Å². The van der Waals surface area contributed by atoms with Gasteiger partial charge in [-0.3, -0.25) is 4.79 Å². The van der Waals surface area contributed by atoms with Gasteiger partial charge in [-0.25, -0.2) is 4.79 Å². The van der Waals surface area contributed by atoms with Crippen LogP contribution >= 0.6 is 0 Å². The van der Waals surface area contributed by atoms with Gasteiger partial charge in [-0.15, -0.1) is 0 Å². The molecule has 0 aliphatic carbocycles. The summed E-state index contributed by atoms with van der Waals surface area (Å²) in [7, 11) is 0. The summed E-state index contributed by atoms with van der Waals surface area (Å²) in [5.41, 5.74) is 2.10. The third kappa shape index (κ3) is 5.25. The number of amides is 2. The van der Waals surface area contributed by atoms with Gasteiger partial charge in [-0.05, 0) is 30.9 Å². The van der Waals surface area contributed by atoms with Gasteiger partial charge in [0.1, 0.15) is 0 Å². The topological polar surface area (TPSA) is 78.9 Å². The van der Waals surface area contributed by atoms with Gasteiger partial charge < -0.3 is 20.1 Å². The summed E-state index contributed by atoms with van der Waals surface area (Å²) in [5.74, 6) is -1.28. The van der Waals surface area contributed by atoms with Gasteiger partial charge in [0, 0.05) is 26.2 Å². The van der Waals surface area contributed by atoms with Crippen LogP contribution < -0.4 is 5.32 Å². The first kappa shape index (κ1) is 17.3.